The Morgan fingerprint density at radius 3 is 2.40 bits per heavy atom. The molecule has 110 valence electrons. The third-order valence-electron chi connectivity index (χ3n) is 2.23. The van der Waals surface area contributed by atoms with Crippen LogP contribution >= 0.6 is 0 Å². The molecule has 5 nitrogen and oxygen atoms in total. The Balaban J connectivity index is 2.56. The van der Waals surface area contributed by atoms with Crippen molar-refractivity contribution in [1.29, 1.82) is 0 Å². The quantitative estimate of drug-likeness (QED) is 0.893. The minimum atomic E-state index is -0.988. The van der Waals surface area contributed by atoms with Crippen LogP contribution in [0.1, 0.15) is 27.7 Å². The predicted octanol–water partition coefficient (Wildman–Crippen LogP) is 2.22. The van der Waals surface area contributed by atoms with Crippen LogP contribution in [-0.4, -0.2) is 23.6 Å². The van der Waals surface area contributed by atoms with E-state index in [2.05, 4.69) is 10.6 Å². The van der Waals surface area contributed by atoms with Crippen molar-refractivity contribution in [1.82, 2.24) is 10.6 Å². The number of benzene rings is 1. The molecule has 0 bridgehead atoms. The highest BCUT2D eigenvalue weighted by Crippen LogP contribution is 2.16. The molecular formula is C14H19FN2O3. The molecule has 0 aliphatic rings. The molecule has 1 aromatic carbocycles. The number of hydrogen-bond donors (Lipinski definition) is 2. The highest BCUT2D eigenvalue weighted by atomic mass is 19.1. The zero-order valence-electron chi connectivity index (χ0n) is 12.0. The maximum atomic E-state index is 13.4. The molecule has 1 aromatic rings. The highest BCUT2D eigenvalue weighted by molar-refractivity contribution is 5.96. The molecule has 6 heteroatoms. The van der Waals surface area contributed by atoms with Crippen LogP contribution in [0.4, 0.5) is 9.18 Å². The number of nitrogens with one attached hydrogen (secondary N) is 2. The van der Waals surface area contributed by atoms with Gasteiger partial charge in [0.1, 0.15) is 0 Å². The molecule has 0 aliphatic heterocycles. The molecule has 0 aliphatic carbocycles. The Morgan fingerprint density at radius 1 is 1.25 bits per heavy atom. The van der Waals surface area contributed by atoms with Gasteiger partial charge in [-0.2, -0.15) is 0 Å². The van der Waals surface area contributed by atoms with Crippen molar-refractivity contribution in [2.45, 2.75) is 39.3 Å². The van der Waals surface area contributed by atoms with E-state index in [1.54, 1.807) is 26.8 Å². The van der Waals surface area contributed by atoms with Crippen LogP contribution < -0.4 is 15.4 Å². The van der Waals surface area contributed by atoms with Gasteiger partial charge in [-0.05, 0) is 39.8 Å². The van der Waals surface area contributed by atoms with Crippen LogP contribution in [-0.2, 0) is 4.79 Å². The topological polar surface area (TPSA) is 67.4 Å². The molecule has 3 amide bonds. The van der Waals surface area contributed by atoms with Gasteiger partial charge in [0.05, 0.1) is 0 Å². The van der Waals surface area contributed by atoms with E-state index in [-0.39, 0.29) is 5.75 Å². The van der Waals surface area contributed by atoms with E-state index < -0.39 is 29.4 Å². The second kappa shape index (κ2) is 6.36. The summed E-state index contributed by atoms with van der Waals surface area (Å²) in [5, 5.41) is 4.72. The molecule has 20 heavy (non-hydrogen) atoms. The fourth-order valence-corrected chi connectivity index (χ4v) is 1.37. The van der Waals surface area contributed by atoms with Crippen LogP contribution in [0.15, 0.2) is 24.3 Å². The average Bonchev–Trinajstić information content (AvgIpc) is 2.29. The Labute approximate surface area is 117 Å². The number of urea groups is 1. The number of carbonyl (C=O) groups excluding carboxylic acids is 2. The number of amides is 3. The number of imide groups is 1. The molecule has 0 radical (unpaired) electrons. The van der Waals surface area contributed by atoms with Crippen molar-refractivity contribution in [2.75, 3.05) is 0 Å². The van der Waals surface area contributed by atoms with Crippen molar-refractivity contribution in [3.05, 3.63) is 30.1 Å². The lowest BCUT2D eigenvalue weighted by atomic mass is 10.1. The number of ether oxygens (including phenoxy) is 1. The van der Waals surface area contributed by atoms with Crippen molar-refractivity contribution in [3.63, 3.8) is 0 Å². The van der Waals surface area contributed by atoms with E-state index in [0.717, 1.165) is 0 Å². The zero-order valence-corrected chi connectivity index (χ0v) is 12.0. The fraction of sp³-hybridized carbons (Fsp3) is 0.429. The lowest BCUT2D eigenvalue weighted by Crippen LogP contribution is -2.50. The Kier molecular flexibility index (Phi) is 5.07. The van der Waals surface area contributed by atoms with Gasteiger partial charge in [0.2, 0.25) is 0 Å². The fourth-order valence-electron chi connectivity index (χ4n) is 1.37. The second-order valence-electron chi connectivity index (χ2n) is 5.38. The molecule has 0 spiro atoms. The van der Waals surface area contributed by atoms with Gasteiger partial charge in [-0.1, -0.05) is 12.1 Å². The number of rotatable bonds is 3. The van der Waals surface area contributed by atoms with Gasteiger partial charge in [-0.3, -0.25) is 10.1 Å². The highest BCUT2D eigenvalue weighted by Gasteiger charge is 2.21. The van der Waals surface area contributed by atoms with Gasteiger partial charge < -0.3 is 10.1 Å². The number of halogens is 1. The first-order chi connectivity index (χ1) is 9.19. The average molecular weight is 282 g/mol. The van der Waals surface area contributed by atoms with E-state index in [1.165, 1.54) is 25.1 Å². The number of hydrogen-bond acceptors (Lipinski definition) is 3. The van der Waals surface area contributed by atoms with Gasteiger partial charge in [-0.25, -0.2) is 9.18 Å². The lowest BCUT2D eigenvalue weighted by Gasteiger charge is -2.21. The van der Waals surface area contributed by atoms with Gasteiger partial charge in [0.15, 0.2) is 17.7 Å². The van der Waals surface area contributed by atoms with E-state index in [4.69, 9.17) is 4.74 Å². The predicted molar refractivity (Wildman–Crippen MR) is 72.9 cm³/mol. The van der Waals surface area contributed by atoms with Crippen LogP contribution in [0.3, 0.4) is 0 Å². The van der Waals surface area contributed by atoms with E-state index in [9.17, 15) is 14.0 Å². The summed E-state index contributed by atoms with van der Waals surface area (Å²) in [6.45, 7) is 6.80. The van der Waals surface area contributed by atoms with Gasteiger partial charge in [0, 0.05) is 5.54 Å². The van der Waals surface area contributed by atoms with Crippen molar-refractivity contribution in [3.8, 4) is 5.75 Å². The first-order valence-corrected chi connectivity index (χ1v) is 6.23. The third kappa shape index (κ3) is 5.26. The van der Waals surface area contributed by atoms with Crippen molar-refractivity contribution in [2.24, 2.45) is 0 Å². The second-order valence-corrected chi connectivity index (χ2v) is 5.38. The normalized spacial score (nSPS) is 12.4. The van der Waals surface area contributed by atoms with Crippen molar-refractivity contribution >= 4 is 11.9 Å². The summed E-state index contributed by atoms with van der Waals surface area (Å²) in [6.07, 6.45) is -0.988. The summed E-state index contributed by atoms with van der Waals surface area (Å²) in [5.41, 5.74) is -0.458. The van der Waals surface area contributed by atoms with Crippen LogP contribution in [0.5, 0.6) is 5.75 Å². The monoisotopic (exact) mass is 282 g/mol. The summed E-state index contributed by atoms with van der Waals surface area (Å²) in [6, 6.07) is 5.13. The zero-order chi connectivity index (χ0) is 15.3. The molecule has 0 fully saturated rings. The SMILES string of the molecule is C[C@@H](Oc1ccccc1F)C(=O)NC(=O)NC(C)(C)C. The molecular weight excluding hydrogens is 263 g/mol. The molecule has 0 unspecified atom stereocenters. The Hall–Kier alpha value is -2.11. The van der Waals surface area contributed by atoms with Gasteiger partial charge in [-0.15, -0.1) is 0 Å². The Morgan fingerprint density at radius 2 is 1.85 bits per heavy atom. The van der Waals surface area contributed by atoms with Gasteiger partial charge >= 0.3 is 6.03 Å². The van der Waals surface area contributed by atoms with E-state index >= 15 is 0 Å². The maximum Gasteiger partial charge on any atom is 0.321 e. The van der Waals surface area contributed by atoms with Gasteiger partial charge in [0.25, 0.3) is 5.91 Å². The van der Waals surface area contributed by atoms with Crippen LogP contribution in [0, 0.1) is 5.82 Å². The smallest absolute Gasteiger partial charge is 0.321 e. The molecule has 0 saturated heterocycles. The first kappa shape index (κ1) is 15.9. The number of para-hydroxylation sites is 1. The molecule has 0 heterocycles. The summed E-state index contributed by atoms with van der Waals surface area (Å²) in [7, 11) is 0. The van der Waals surface area contributed by atoms with Crippen LogP contribution in [0.2, 0.25) is 0 Å². The molecule has 0 aromatic heterocycles. The summed E-state index contributed by atoms with van der Waals surface area (Å²) >= 11 is 0. The largest absolute Gasteiger partial charge is 0.478 e. The standard InChI is InChI=1S/C14H19FN2O3/c1-9(20-11-8-6-5-7-10(11)15)12(18)16-13(19)17-14(2,3)4/h5-9H,1-4H3,(H2,16,17,18,19)/t9-/m1/s1. The van der Waals surface area contributed by atoms with Crippen LogP contribution in [0.25, 0.3) is 0 Å². The molecule has 1 rings (SSSR count). The minimum absolute atomic E-state index is 0.0358. The maximum absolute atomic E-state index is 13.4. The summed E-state index contributed by atoms with van der Waals surface area (Å²) < 4.78 is 18.5. The van der Waals surface area contributed by atoms with E-state index in [1.807, 2.05) is 0 Å². The number of carbonyl (C=O) groups is 2. The Bertz CT molecular complexity index is 497. The molecule has 0 saturated carbocycles. The molecule has 2 N–H and O–H groups in total. The summed E-state index contributed by atoms with van der Waals surface area (Å²) in [4.78, 5) is 23.3. The minimum Gasteiger partial charge on any atom is -0.478 e. The lowest BCUT2D eigenvalue weighted by molar-refractivity contribution is -0.126. The third-order valence-corrected chi connectivity index (χ3v) is 2.23. The van der Waals surface area contributed by atoms with Crippen molar-refractivity contribution < 1.29 is 18.7 Å². The summed E-state index contributed by atoms with van der Waals surface area (Å²) in [5.74, 6) is -1.24. The first-order valence-electron chi connectivity index (χ1n) is 6.23. The van der Waals surface area contributed by atoms with E-state index in [0.29, 0.717) is 0 Å². The molecule has 1 atom stereocenters.